The zero-order chi connectivity index (χ0) is 26.7. The highest BCUT2D eigenvalue weighted by Crippen LogP contribution is 2.40. The first-order valence-electron chi connectivity index (χ1n) is 12.5. The molecule has 0 saturated heterocycles. The number of carbonyl (C=O) groups excluding carboxylic acids is 2. The summed E-state index contributed by atoms with van der Waals surface area (Å²) in [7, 11) is 0. The summed E-state index contributed by atoms with van der Waals surface area (Å²) in [6, 6.07) is 13.4. The molecule has 2 amide bonds. The Balaban J connectivity index is 1.43. The zero-order valence-corrected chi connectivity index (χ0v) is 22.1. The summed E-state index contributed by atoms with van der Waals surface area (Å²) in [5.41, 5.74) is 1.40. The molecule has 0 atom stereocenters. The fraction of sp³-hybridized carbons (Fsp3) is 0.357. The van der Waals surface area contributed by atoms with E-state index in [1.54, 1.807) is 41.3 Å². The highest BCUT2D eigenvalue weighted by atomic mass is 32.2. The number of nitrogens with one attached hydrogen (secondary N) is 1. The van der Waals surface area contributed by atoms with E-state index in [9.17, 15) is 14.0 Å². The van der Waals surface area contributed by atoms with Gasteiger partial charge in [-0.3, -0.25) is 9.59 Å². The van der Waals surface area contributed by atoms with Crippen LogP contribution in [0.2, 0.25) is 0 Å². The minimum atomic E-state index is -1.13. The largest absolute Gasteiger partial charge is 0.454 e. The lowest BCUT2D eigenvalue weighted by atomic mass is 9.92. The SMILES string of the molecule is Cc1cc(C)nc(SCC(=O)N(Cc2ccccc2F)C2(C(=O)Nc3ccc4c(c3)OCO4)CCCC2)n1. The van der Waals surface area contributed by atoms with Gasteiger partial charge >= 0.3 is 0 Å². The third-order valence-corrected chi connectivity index (χ3v) is 7.71. The Hall–Kier alpha value is -3.66. The minimum absolute atomic E-state index is 0.0195. The van der Waals surface area contributed by atoms with Crippen molar-refractivity contribution in [2.75, 3.05) is 17.9 Å². The molecule has 2 aromatic carbocycles. The lowest BCUT2D eigenvalue weighted by Crippen LogP contribution is -2.57. The number of rotatable bonds is 8. The van der Waals surface area contributed by atoms with Crippen molar-refractivity contribution in [3.8, 4) is 11.5 Å². The van der Waals surface area contributed by atoms with Gasteiger partial charge in [-0.1, -0.05) is 42.8 Å². The van der Waals surface area contributed by atoms with Crippen LogP contribution in [0.15, 0.2) is 53.7 Å². The van der Waals surface area contributed by atoms with E-state index in [0.29, 0.717) is 40.7 Å². The van der Waals surface area contributed by atoms with Gasteiger partial charge in [-0.15, -0.1) is 0 Å². The normalized spacial score (nSPS) is 15.3. The predicted octanol–water partition coefficient (Wildman–Crippen LogP) is 5.03. The number of hydrogen-bond donors (Lipinski definition) is 1. The van der Waals surface area contributed by atoms with E-state index in [4.69, 9.17) is 9.47 Å². The molecule has 10 heteroatoms. The number of anilines is 1. The molecule has 0 spiro atoms. The number of amides is 2. The van der Waals surface area contributed by atoms with Crippen molar-refractivity contribution in [2.45, 2.75) is 56.8 Å². The Morgan fingerprint density at radius 2 is 1.74 bits per heavy atom. The number of nitrogens with zero attached hydrogens (tertiary/aromatic N) is 3. The molecule has 3 aromatic rings. The van der Waals surface area contributed by atoms with Gasteiger partial charge in [0.2, 0.25) is 18.6 Å². The summed E-state index contributed by atoms with van der Waals surface area (Å²) in [5.74, 6) is 0.194. The Kier molecular flexibility index (Phi) is 7.51. The molecule has 2 heterocycles. The standard InChI is InChI=1S/C28H29FN4O4S/c1-18-13-19(2)31-27(30-18)38-16-25(34)33(15-20-7-3-4-8-22(20)29)28(11-5-6-12-28)26(35)32-21-9-10-23-24(14-21)37-17-36-23/h3-4,7-10,13-14H,5-6,11-12,15-17H2,1-2H3,(H,32,35). The summed E-state index contributed by atoms with van der Waals surface area (Å²) in [6.07, 6.45) is 2.52. The quantitative estimate of drug-likeness (QED) is 0.319. The second kappa shape index (κ2) is 11.0. The van der Waals surface area contributed by atoms with Crippen LogP contribution in [0.25, 0.3) is 0 Å². The molecule has 198 valence electrons. The summed E-state index contributed by atoms with van der Waals surface area (Å²) in [4.78, 5) is 38.1. The first-order chi connectivity index (χ1) is 18.3. The van der Waals surface area contributed by atoms with Gasteiger partial charge in [-0.2, -0.15) is 0 Å². The third kappa shape index (κ3) is 5.45. The monoisotopic (exact) mass is 536 g/mol. The molecule has 0 unspecified atom stereocenters. The average molecular weight is 537 g/mol. The minimum Gasteiger partial charge on any atom is -0.454 e. The van der Waals surface area contributed by atoms with Gasteiger partial charge in [-0.25, -0.2) is 14.4 Å². The highest BCUT2D eigenvalue weighted by Gasteiger charge is 2.48. The molecule has 2 aliphatic rings. The number of ether oxygens (including phenoxy) is 2. The average Bonchev–Trinajstić information content (AvgIpc) is 3.56. The topological polar surface area (TPSA) is 93.7 Å². The number of benzene rings is 2. The van der Waals surface area contributed by atoms with Crippen LogP contribution in [-0.2, 0) is 16.1 Å². The van der Waals surface area contributed by atoms with Crippen LogP contribution in [-0.4, -0.2) is 44.8 Å². The molecule has 8 nitrogen and oxygen atoms in total. The van der Waals surface area contributed by atoms with Crippen molar-refractivity contribution in [1.82, 2.24) is 14.9 Å². The third-order valence-electron chi connectivity index (χ3n) is 6.87. The molecule has 1 aliphatic heterocycles. The maximum atomic E-state index is 14.8. The molecule has 0 bridgehead atoms. The summed E-state index contributed by atoms with van der Waals surface area (Å²) in [6.45, 7) is 3.86. The van der Waals surface area contributed by atoms with Crippen LogP contribution >= 0.6 is 11.8 Å². The number of aromatic nitrogens is 2. The Morgan fingerprint density at radius 3 is 2.47 bits per heavy atom. The molecule has 38 heavy (non-hydrogen) atoms. The first kappa shape index (κ1) is 26.0. The maximum Gasteiger partial charge on any atom is 0.250 e. The van der Waals surface area contributed by atoms with E-state index >= 15 is 0 Å². The predicted molar refractivity (Wildman–Crippen MR) is 142 cm³/mol. The lowest BCUT2D eigenvalue weighted by molar-refractivity contribution is -0.144. The van der Waals surface area contributed by atoms with Crippen LogP contribution in [0.5, 0.6) is 11.5 Å². The van der Waals surface area contributed by atoms with Crippen molar-refractivity contribution in [2.24, 2.45) is 0 Å². The van der Waals surface area contributed by atoms with E-state index in [1.165, 1.54) is 17.8 Å². The smallest absolute Gasteiger partial charge is 0.250 e. The van der Waals surface area contributed by atoms with Gasteiger partial charge < -0.3 is 19.7 Å². The van der Waals surface area contributed by atoms with Crippen molar-refractivity contribution >= 4 is 29.3 Å². The van der Waals surface area contributed by atoms with Crippen molar-refractivity contribution in [3.05, 3.63) is 71.3 Å². The van der Waals surface area contributed by atoms with E-state index in [2.05, 4.69) is 15.3 Å². The number of carbonyl (C=O) groups is 2. The zero-order valence-electron chi connectivity index (χ0n) is 21.3. The molecule has 1 aliphatic carbocycles. The summed E-state index contributed by atoms with van der Waals surface area (Å²) >= 11 is 1.22. The van der Waals surface area contributed by atoms with Gasteiger partial charge in [0.1, 0.15) is 11.4 Å². The Labute approximate surface area is 225 Å². The molecule has 1 fully saturated rings. The van der Waals surface area contributed by atoms with E-state index in [1.807, 2.05) is 19.9 Å². The first-order valence-corrected chi connectivity index (χ1v) is 13.5. The number of thioether (sulfide) groups is 1. The second-order valence-electron chi connectivity index (χ2n) is 9.55. The van der Waals surface area contributed by atoms with Gasteiger partial charge in [0, 0.05) is 35.2 Å². The van der Waals surface area contributed by atoms with Crippen molar-refractivity contribution in [1.29, 1.82) is 0 Å². The van der Waals surface area contributed by atoms with Crippen LogP contribution in [0, 0.1) is 19.7 Å². The van der Waals surface area contributed by atoms with Crippen LogP contribution in [0.3, 0.4) is 0 Å². The summed E-state index contributed by atoms with van der Waals surface area (Å²) < 4.78 is 25.6. The number of hydrogen-bond acceptors (Lipinski definition) is 7. The van der Waals surface area contributed by atoms with Gasteiger partial charge in [0.25, 0.3) is 0 Å². The van der Waals surface area contributed by atoms with Gasteiger partial charge in [0.15, 0.2) is 16.7 Å². The molecule has 5 rings (SSSR count). The van der Waals surface area contributed by atoms with Crippen LogP contribution < -0.4 is 14.8 Å². The summed E-state index contributed by atoms with van der Waals surface area (Å²) in [5, 5.41) is 3.48. The maximum absolute atomic E-state index is 14.8. The van der Waals surface area contributed by atoms with Gasteiger partial charge in [0.05, 0.1) is 5.75 Å². The molecule has 1 N–H and O–H groups in total. The van der Waals surface area contributed by atoms with Crippen LogP contribution in [0.4, 0.5) is 10.1 Å². The molecule has 1 saturated carbocycles. The molecular weight excluding hydrogens is 507 g/mol. The van der Waals surface area contributed by atoms with Gasteiger partial charge in [-0.05, 0) is 51.0 Å². The van der Waals surface area contributed by atoms with E-state index in [-0.39, 0.29) is 30.9 Å². The molecule has 0 radical (unpaired) electrons. The molecular formula is C28H29FN4O4S. The highest BCUT2D eigenvalue weighted by molar-refractivity contribution is 7.99. The number of fused-ring (bicyclic) bond motifs is 1. The number of aryl methyl sites for hydroxylation is 2. The van der Waals surface area contributed by atoms with E-state index in [0.717, 1.165) is 24.2 Å². The second-order valence-corrected chi connectivity index (χ2v) is 10.5. The molecule has 1 aromatic heterocycles. The van der Waals surface area contributed by atoms with E-state index < -0.39 is 11.4 Å². The Morgan fingerprint density at radius 1 is 1.03 bits per heavy atom. The fourth-order valence-electron chi connectivity index (χ4n) is 5.04. The Bertz CT molecular complexity index is 1340. The van der Waals surface area contributed by atoms with Crippen LogP contribution in [0.1, 0.15) is 42.6 Å². The van der Waals surface area contributed by atoms with Crippen molar-refractivity contribution in [3.63, 3.8) is 0 Å². The lowest BCUT2D eigenvalue weighted by Gasteiger charge is -2.40. The number of halogens is 1. The fourth-order valence-corrected chi connectivity index (χ4v) is 5.86. The van der Waals surface area contributed by atoms with Crippen molar-refractivity contribution < 1.29 is 23.5 Å².